The van der Waals surface area contributed by atoms with Crippen molar-refractivity contribution in [1.29, 1.82) is 0 Å². The van der Waals surface area contributed by atoms with Gasteiger partial charge < -0.3 is 19.2 Å². The van der Waals surface area contributed by atoms with Crippen LogP contribution in [0.5, 0.6) is 5.75 Å². The van der Waals surface area contributed by atoms with Crippen LogP contribution in [-0.4, -0.2) is 59.8 Å². The van der Waals surface area contributed by atoms with E-state index in [0.717, 1.165) is 11.8 Å². The summed E-state index contributed by atoms with van der Waals surface area (Å²) in [6.45, 7) is 6.73. The minimum absolute atomic E-state index is 0.202. The molecule has 1 fully saturated rings. The van der Waals surface area contributed by atoms with Crippen molar-refractivity contribution < 1.29 is 32.2 Å². The first-order valence-corrected chi connectivity index (χ1v) is 8.49. The number of hydrogen-bond acceptors (Lipinski definition) is 5. The van der Waals surface area contributed by atoms with E-state index >= 15 is 0 Å². The van der Waals surface area contributed by atoms with Gasteiger partial charge in [0.05, 0.1) is 6.04 Å². The fraction of sp³-hybridized carbons (Fsp3) is 0.556. The average molecular weight is 388 g/mol. The summed E-state index contributed by atoms with van der Waals surface area (Å²) in [5.74, 6) is -0.298. The van der Waals surface area contributed by atoms with Gasteiger partial charge in [-0.25, -0.2) is 4.79 Å². The third-order valence-electron chi connectivity index (χ3n) is 3.88. The number of rotatable bonds is 4. The molecule has 0 bridgehead atoms. The Morgan fingerprint density at radius 2 is 1.81 bits per heavy atom. The molecule has 1 aromatic carbocycles. The fourth-order valence-corrected chi connectivity index (χ4v) is 2.70. The van der Waals surface area contributed by atoms with Crippen molar-refractivity contribution in [1.82, 2.24) is 9.80 Å². The van der Waals surface area contributed by atoms with E-state index in [1.54, 1.807) is 20.8 Å². The Bertz CT molecular complexity index is 656. The second kappa shape index (κ2) is 8.16. The zero-order valence-corrected chi connectivity index (χ0v) is 15.5. The van der Waals surface area contributed by atoms with E-state index in [1.807, 2.05) is 4.90 Å². The van der Waals surface area contributed by atoms with Gasteiger partial charge in [-0.3, -0.25) is 4.90 Å². The summed E-state index contributed by atoms with van der Waals surface area (Å²) in [6, 6.07) is 4.98. The highest BCUT2D eigenvalue weighted by Gasteiger charge is 2.32. The Labute approximate surface area is 155 Å². The fourth-order valence-electron chi connectivity index (χ4n) is 2.70. The number of carbonyl (C=O) groups excluding carboxylic acids is 2. The molecule has 1 aliphatic rings. The molecule has 9 heteroatoms. The Morgan fingerprint density at radius 3 is 2.33 bits per heavy atom. The van der Waals surface area contributed by atoms with Crippen molar-refractivity contribution in [2.75, 3.05) is 19.6 Å². The number of aldehydes is 1. The van der Waals surface area contributed by atoms with Crippen LogP contribution in [0.25, 0.3) is 0 Å². The number of nitrogens with zero attached hydrogens (tertiary/aromatic N) is 2. The number of hydrogen-bond donors (Lipinski definition) is 0. The molecule has 1 saturated heterocycles. The first-order chi connectivity index (χ1) is 12.5. The predicted octanol–water partition coefficient (Wildman–Crippen LogP) is 3.21. The predicted molar refractivity (Wildman–Crippen MR) is 91.2 cm³/mol. The number of piperazine rings is 1. The number of carbonyl (C=O) groups is 2. The molecular weight excluding hydrogens is 365 g/mol. The summed E-state index contributed by atoms with van der Waals surface area (Å²) in [5, 5.41) is 0. The van der Waals surface area contributed by atoms with E-state index in [9.17, 15) is 22.8 Å². The van der Waals surface area contributed by atoms with Crippen LogP contribution in [0.4, 0.5) is 18.0 Å². The number of benzene rings is 1. The third kappa shape index (κ3) is 6.74. The van der Waals surface area contributed by atoms with Gasteiger partial charge in [0.1, 0.15) is 17.6 Å². The molecule has 0 N–H and O–H groups in total. The molecular formula is C18H23F3N2O4. The minimum atomic E-state index is -4.73. The van der Waals surface area contributed by atoms with Crippen LogP contribution in [0.1, 0.15) is 26.3 Å². The van der Waals surface area contributed by atoms with Gasteiger partial charge in [0.25, 0.3) is 0 Å². The molecule has 1 atom stereocenters. The molecule has 0 aromatic heterocycles. The van der Waals surface area contributed by atoms with Crippen molar-refractivity contribution in [3.05, 3.63) is 29.8 Å². The quantitative estimate of drug-likeness (QED) is 0.742. The van der Waals surface area contributed by atoms with Crippen LogP contribution in [0.2, 0.25) is 0 Å². The molecule has 1 heterocycles. The van der Waals surface area contributed by atoms with Crippen molar-refractivity contribution in [2.45, 2.75) is 45.3 Å². The highest BCUT2D eigenvalue weighted by Crippen LogP contribution is 2.23. The third-order valence-corrected chi connectivity index (χ3v) is 3.88. The minimum Gasteiger partial charge on any atom is -0.444 e. The lowest BCUT2D eigenvalue weighted by Gasteiger charge is -2.39. The second-order valence-electron chi connectivity index (χ2n) is 7.29. The normalized spacial score (nSPS) is 18.9. The van der Waals surface area contributed by atoms with Gasteiger partial charge in [-0.15, -0.1) is 13.2 Å². The van der Waals surface area contributed by atoms with Crippen LogP contribution in [0, 0.1) is 0 Å². The molecule has 1 aliphatic heterocycles. The Kier molecular flexibility index (Phi) is 6.35. The van der Waals surface area contributed by atoms with Crippen molar-refractivity contribution in [3.63, 3.8) is 0 Å². The number of halogens is 3. The Hall–Kier alpha value is -2.29. The van der Waals surface area contributed by atoms with Crippen LogP contribution in [0.15, 0.2) is 24.3 Å². The summed E-state index contributed by atoms with van der Waals surface area (Å²) in [7, 11) is 0. The number of ether oxygens (including phenoxy) is 2. The van der Waals surface area contributed by atoms with E-state index in [-0.39, 0.29) is 12.3 Å². The highest BCUT2D eigenvalue weighted by molar-refractivity contribution is 5.70. The number of alkyl halides is 3. The smallest absolute Gasteiger partial charge is 0.444 e. The van der Waals surface area contributed by atoms with Crippen LogP contribution in [0.3, 0.4) is 0 Å². The first kappa shape index (κ1) is 21.0. The van der Waals surface area contributed by atoms with Crippen LogP contribution >= 0.6 is 0 Å². The van der Waals surface area contributed by atoms with Crippen molar-refractivity contribution in [3.8, 4) is 5.75 Å². The number of amides is 1. The van der Waals surface area contributed by atoms with E-state index in [1.165, 1.54) is 29.2 Å². The van der Waals surface area contributed by atoms with Gasteiger partial charge in [-0.1, -0.05) is 12.1 Å². The Balaban J connectivity index is 1.96. The molecule has 1 aromatic rings. The summed E-state index contributed by atoms with van der Waals surface area (Å²) >= 11 is 0. The highest BCUT2D eigenvalue weighted by atomic mass is 19.4. The van der Waals surface area contributed by atoms with E-state index in [2.05, 4.69) is 4.74 Å². The Morgan fingerprint density at radius 1 is 1.19 bits per heavy atom. The molecule has 0 spiro atoms. The molecule has 150 valence electrons. The van der Waals surface area contributed by atoms with E-state index in [0.29, 0.717) is 19.6 Å². The van der Waals surface area contributed by atoms with E-state index in [4.69, 9.17) is 4.74 Å². The van der Waals surface area contributed by atoms with Crippen molar-refractivity contribution in [2.24, 2.45) is 0 Å². The topological polar surface area (TPSA) is 59.1 Å². The van der Waals surface area contributed by atoms with Gasteiger partial charge in [-0.2, -0.15) is 0 Å². The molecule has 6 nitrogen and oxygen atoms in total. The average Bonchev–Trinajstić information content (AvgIpc) is 2.54. The summed E-state index contributed by atoms with van der Waals surface area (Å²) < 4.78 is 45.8. The van der Waals surface area contributed by atoms with Gasteiger partial charge in [0.2, 0.25) is 0 Å². The molecule has 0 radical (unpaired) electrons. The second-order valence-corrected chi connectivity index (χ2v) is 7.29. The zero-order chi connectivity index (χ0) is 20.2. The molecule has 27 heavy (non-hydrogen) atoms. The monoisotopic (exact) mass is 388 g/mol. The van der Waals surface area contributed by atoms with Gasteiger partial charge in [-0.05, 0) is 38.5 Å². The molecule has 0 aliphatic carbocycles. The standard InChI is InChI=1S/C18H23F3N2O4/c1-17(2,3)27-16(25)23-9-8-22(14(11-23)12-24)10-13-4-6-15(7-5-13)26-18(19,20)21/h4-7,12,14H,8-11H2,1-3H3. The van der Waals surface area contributed by atoms with Gasteiger partial charge in [0.15, 0.2) is 0 Å². The van der Waals surface area contributed by atoms with Gasteiger partial charge in [0, 0.05) is 26.2 Å². The maximum absolute atomic E-state index is 12.2. The maximum Gasteiger partial charge on any atom is 0.573 e. The maximum atomic E-state index is 12.2. The first-order valence-electron chi connectivity index (χ1n) is 8.49. The van der Waals surface area contributed by atoms with E-state index < -0.39 is 24.1 Å². The SMILES string of the molecule is CC(C)(C)OC(=O)N1CCN(Cc2ccc(OC(F)(F)F)cc2)C(C=O)C1. The lowest BCUT2D eigenvalue weighted by Crippen LogP contribution is -2.55. The van der Waals surface area contributed by atoms with Crippen molar-refractivity contribution >= 4 is 12.4 Å². The molecule has 2 rings (SSSR count). The van der Waals surface area contributed by atoms with Crippen LogP contribution in [-0.2, 0) is 16.1 Å². The molecule has 1 amide bonds. The summed E-state index contributed by atoms with van der Waals surface area (Å²) in [6.07, 6.45) is -4.44. The van der Waals surface area contributed by atoms with Gasteiger partial charge >= 0.3 is 12.5 Å². The molecule has 0 saturated carbocycles. The summed E-state index contributed by atoms with van der Waals surface area (Å²) in [5.41, 5.74) is 0.118. The largest absolute Gasteiger partial charge is 0.573 e. The lowest BCUT2D eigenvalue weighted by atomic mass is 10.1. The molecule has 1 unspecified atom stereocenters. The lowest BCUT2D eigenvalue weighted by molar-refractivity contribution is -0.274. The van der Waals surface area contributed by atoms with Crippen LogP contribution < -0.4 is 4.74 Å². The summed E-state index contributed by atoms with van der Waals surface area (Å²) in [4.78, 5) is 27.0. The zero-order valence-electron chi connectivity index (χ0n) is 15.5.